The Morgan fingerprint density at radius 2 is 1.65 bits per heavy atom. The number of hydrogen-bond acceptors (Lipinski definition) is 4. The fraction of sp³-hybridized carbons (Fsp3) is 0.941. The lowest BCUT2D eigenvalue weighted by Crippen LogP contribution is -2.48. The number of nitrogens with one attached hydrogen (secondary N) is 1. The van der Waals surface area contributed by atoms with Gasteiger partial charge in [0.15, 0.2) is 0 Å². The van der Waals surface area contributed by atoms with Crippen LogP contribution in [-0.4, -0.2) is 92.8 Å². The van der Waals surface area contributed by atoms with Gasteiger partial charge in [-0.25, -0.2) is 4.79 Å². The molecular weight excluding hydrogens is 292 g/mol. The standard InChI is InChI=1S/C17H32N4O2/c22-17(18-5-10-19-11-13-23-14-12-19)21-8-3-16(4-9-21)15-20-6-1-2-7-20/h16H,1-15H2,(H,18,22). The highest BCUT2D eigenvalue weighted by atomic mass is 16.5. The third-order valence-corrected chi connectivity index (χ3v) is 5.42. The molecule has 3 fully saturated rings. The van der Waals surface area contributed by atoms with Gasteiger partial charge in [0.1, 0.15) is 0 Å². The van der Waals surface area contributed by atoms with E-state index >= 15 is 0 Å². The Morgan fingerprint density at radius 1 is 0.957 bits per heavy atom. The van der Waals surface area contributed by atoms with E-state index in [-0.39, 0.29) is 6.03 Å². The van der Waals surface area contributed by atoms with E-state index in [9.17, 15) is 4.79 Å². The van der Waals surface area contributed by atoms with Crippen LogP contribution in [0.2, 0.25) is 0 Å². The van der Waals surface area contributed by atoms with Crippen LogP contribution in [0.5, 0.6) is 0 Å². The van der Waals surface area contributed by atoms with Gasteiger partial charge in [-0.2, -0.15) is 0 Å². The number of carbonyl (C=O) groups is 1. The first-order chi connectivity index (χ1) is 11.3. The van der Waals surface area contributed by atoms with Gasteiger partial charge in [-0.3, -0.25) is 4.90 Å². The summed E-state index contributed by atoms with van der Waals surface area (Å²) < 4.78 is 5.34. The van der Waals surface area contributed by atoms with Gasteiger partial charge >= 0.3 is 6.03 Å². The number of ether oxygens (including phenoxy) is 1. The van der Waals surface area contributed by atoms with E-state index < -0.39 is 0 Å². The summed E-state index contributed by atoms with van der Waals surface area (Å²) in [4.78, 5) is 19.2. The second-order valence-electron chi connectivity index (χ2n) is 7.12. The van der Waals surface area contributed by atoms with E-state index in [0.717, 1.165) is 71.2 Å². The molecule has 2 amide bonds. The fourth-order valence-electron chi connectivity index (χ4n) is 3.91. The average molecular weight is 324 g/mol. The number of morpholine rings is 1. The Hall–Kier alpha value is -0.850. The first-order valence-electron chi connectivity index (χ1n) is 9.36. The van der Waals surface area contributed by atoms with Crippen molar-refractivity contribution in [3.8, 4) is 0 Å². The molecule has 3 aliphatic heterocycles. The highest BCUT2D eigenvalue weighted by Gasteiger charge is 2.25. The van der Waals surface area contributed by atoms with Crippen LogP contribution in [0.1, 0.15) is 25.7 Å². The van der Waals surface area contributed by atoms with Crippen molar-refractivity contribution in [1.82, 2.24) is 20.0 Å². The molecule has 3 aliphatic rings. The molecule has 0 aromatic heterocycles. The topological polar surface area (TPSA) is 48.1 Å². The average Bonchev–Trinajstić information content (AvgIpc) is 3.09. The van der Waals surface area contributed by atoms with Crippen molar-refractivity contribution in [1.29, 1.82) is 0 Å². The number of piperidine rings is 1. The smallest absolute Gasteiger partial charge is 0.317 e. The van der Waals surface area contributed by atoms with E-state index in [4.69, 9.17) is 4.74 Å². The van der Waals surface area contributed by atoms with Crippen LogP contribution >= 0.6 is 0 Å². The molecule has 6 nitrogen and oxygen atoms in total. The Kier molecular flexibility index (Phi) is 6.54. The summed E-state index contributed by atoms with van der Waals surface area (Å²) in [5.41, 5.74) is 0. The molecule has 0 bridgehead atoms. The summed E-state index contributed by atoms with van der Waals surface area (Å²) in [6, 6.07) is 0.123. The van der Waals surface area contributed by atoms with Crippen molar-refractivity contribution in [2.24, 2.45) is 5.92 Å². The molecule has 0 aromatic rings. The summed E-state index contributed by atoms with van der Waals surface area (Å²) >= 11 is 0. The monoisotopic (exact) mass is 324 g/mol. The highest BCUT2D eigenvalue weighted by molar-refractivity contribution is 5.74. The van der Waals surface area contributed by atoms with Gasteiger partial charge < -0.3 is 19.9 Å². The van der Waals surface area contributed by atoms with Gasteiger partial charge in [-0.05, 0) is 44.7 Å². The van der Waals surface area contributed by atoms with Gasteiger partial charge in [0, 0.05) is 45.8 Å². The predicted octanol–water partition coefficient (Wildman–Crippen LogP) is 0.836. The van der Waals surface area contributed by atoms with E-state index in [2.05, 4.69) is 15.1 Å². The molecule has 3 rings (SSSR count). The minimum absolute atomic E-state index is 0.123. The minimum Gasteiger partial charge on any atom is -0.379 e. The van der Waals surface area contributed by atoms with Crippen LogP contribution in [0.25, 0.3) is 0 Å². The van der Waals surface area contributed by atoms with E-state index in [1.54, 1.807) is 0 Å². The lowest BCUT2D eigenvalue weighted by molar-refractivity contribution is 0.0385. The Balaban J connectivity index is 1.28. The van der Waals surface area contributed by atoms with Crippen LogP contribution in [0, 0.1) is 5.92 Å². The molecule has 6 heteroatoms. The number of likely N-dealkylation sites (tertiary alicyclic amines) is 2. The van der Waals surface area contributed by atoms with Crippen molar-refractivity contribution in [2.75, 3.05) is 72.1 Å². The number of carbonyl (C=O) groups excluding carboxylic acids is 1. The van der Waals surface area contributed by atoms with Gasteiger partial charge in [0.05, 0.1) is 13.2 Å². The number of urea groups is 1. The molecule has 3 heterocycles. The molecule has 0 aromatic carbocycles. The normalized spacial score (nSPS) is 25.0. The molecular formula is C17H32N4O2. The van der Waals surface area contributed by atoms with Crippen molar-refractivity contribution < 1.29 is 9.53 Å². The number of hydrogen-bond donors (Lipinski definition) is 1. The lowest BCUT2D eigenvalue weighted by atomic mass is 9.96. The maximum Gasteiger partial charge on any atom is 0.317 e. The SMILES string of the molecule is O=C(NCCN1CCOCC1)N1CCC(CN2CCCC2)CC1. The quantitative estimate of drug-likeness (QED) is 0.814. The first kappa shape index (κ1) is 17.0. The number of amides is 2. The summed E-state index contributed by atoms with van der Waals surface area (Å²) in [6.07, 6.45) is 5.05. The summed E-state index contributed by atoms with van der Waals surface area (Å²) in [5.74, 6) is 0.783. The van der Waals surface area contributed by atoms with E-state index in [1.165, 1.54) is 32.5 Å². The van der Waals surface area contributed by atoms with Gasteiger partial charge in [-0.1, -0.05) is 0 Å². The summed E-state index contributed by atoms with van der Waals surface area (Å²) in [7, 11) is 0. The van der Waals surface area contributed by atoms with Crippen LogP contribution in [0.4, 0.5) is 4.79 Å². The molecule has 0 aliphatic carbocycles. The summed E-state index contributed by atoms with van der Waals surface area (Å²) in [6.45, 7) is 10.9. The second kappa shape index (κ2) is 8.85. The zero-order valence-corrected chi connectivity index (χ0v) is 14.3. The molecule has 0 radical (unpaired) electrons. The third kappa shape index (κ3) is 5.33. The van der Waals surface area contributed by atoms with Crippen LogP contribution in [0.3, 0.4) is 0 Å². The van der Waals surface area contributed by atoms with Crippen LogP contribution < -0.4 is 5.32 Å². The van der Waals surface area contributed by atoms with Crippen LogP contribution in [-0.2, 0) is 4.74 Å². The first-order valence-corrected chi connectivity index (χ1v) is 9.36. The molecule has 0 saturated carbocycles. The summed E-state index contributed by atoms with van der Waals surface area (Å²) in [5, 5.41) is 3.08. The molecule has 132 valence electrons. The largest absolute Gasteiger partial charge is 0.379 e. The zero-order valence-electron chi connectivity index (χ0n) is 14.3. The molecule has 0 spiro atoms. The van der Waals surface area contributed by atoms with Crippen molar-refractivity contribution in [3.63, 3.8) is 0 Å². The number of rotatable bonds is 5. The highest BCUT2D eigenvalue weighted by Crippen LogP contribution is 2.20. The minimum atomic E-state index is 0.123. The molecule has 0 atom stereocenters. The molecule has 23 heavy (non-hydrogen) atoms. The maximum absolute atomic E-state index is 12.3. The fourth-order valence-corrected chi connectivity index (χ4v) is 3.91. The third-order valence-electron chi connectivity index (χ3n) is 5.42. The van der Waals surface area contributed by atoms with Gasteiger partial charge in [0.2, 0.25) is 0 Å². The molecule has 1 N–H and O–H groups in total. The molecule has 3 saturated heterocycles. The zero-order chi connectivity index (χ0) is 15.9. The number of nitrogens with zero attached hydrogens (tertiary/aromatic N) is 3. The van der Waals surface area contributed by atoms with Crippen LogP contribution in [0.15, 0.2) is 0 Å². The predicted molar refractivity (Wildman–Crippen MR) is 90.6 cm³/mol. The molecule has 0 unspecified atom stereocenters. The van der Waals surface area contributed by atoms with Crippen molar-refractivity contribution >= 4 is 6.03 Å². The Morgan fingerprint density at radius 3 is 2.35 bits per heavy atom. The maximum atomic E-state index is 12.3. The van der Waals surface area contributed by atoms with Gasteiger partial charge in [0.25, 0.3) is 0 Å². The van der Waals surface area contributed by atoms with E-state index in [0.29, 0.717) is 0 Å². The second-order valence-corrected chi connectivity index (χ2v) is 7.12. The van der Waals surface area contributed by atoms with Gasteiger partial charge in [-0.15, -0.1) is 0 Å². The van der Waals surface area contributed by atoms with E-state index in [1.807, 2.05) is 4.90 Å². The van der Waals surface area contributed by atoms with Crippen molar-refractivity contribution in [2.45, 2.75) is 25.7 Å². The van der Waals surface area contributed by atoms with Crippen molar-refractivity contribution in [3.05, 3.63) is 0 Å². The Labute approximate surface area is 140 Å². The Bertz CT molecular complexity index is 360. The lowest BCUT2D eigenvalue weighted by Gasteiger charge is -2.34.